The van der Waals surface area contributed by atoms with Crippen molar-refractivity contribution in [1.29, 1.82) is 0 Å². The van der Waals surface area contributed by atoms with Gasteiger partial charge < -0.3 is 19.9 Å². The Hall–Kier alpha value is -4.61. The molecule has 0 saturated carbocycles. The zero-order valence-corrected chi connectivity index (χ0v) is 17.2. The molecule has 0 aliphatic rings. The molecular weight excluding hydrogens is 424 g/mol. The van der Waals surface area contributed by atoms with E-state index >= 15 is 0 Å². The van der Waals surface area contributed by atoms with Crippen molar-refractivity contribution in [3.63, 3.8) is 0 Å². The SMILES string of the molecule is COC(=O)c1ccc(C(=O)OC)c(N=NC(C(=O)Nc2cccc([N+](=O)[O-])c2)=C(C)O)c1. The van der Waals surface area contributed by atoms with E-state index in [-0.39, 0.29) is 28.2 Å². The van der Waals surface area contributed by atoms with Crippen LogP contribution in [0.5, 0.6) is 0 Å². The average molecular weight is 442 g/mol. The number of nitro groups is 1. The Morgan fingerprint density at radius 3 is 2.34 bits per heavy atom. The van der Waals surface area contributed by atoms with Crippen molar-refractivity contribution in [3.8, 4) is 0 Å². The summed E-state index contributed by atoms with van der Waals surface area (Å²) in [5.74, 6) is -2.91. The Bertz CT molecular complexity index is 1140. The molecule has 0 fully saturated rings. The van der Waals surface area contributed by atoms with Gasteiger partial charge in [0, 0.05) is 17.8 Å². The van der Waals surface area contributed by atoms with E-state index < -0.39 is 34.2 Å². The third-order valence-corrected chi connectivity index (χ3v) is 3.95. The maximum absolute atomic E-state index is 12.5. The number of allylic oxidation sites excluding steroid dienone is 1. The van der Waals surface area contributed by atoms with E-state index in [0.717, 1.165) is 13.2 Å². The highest BCUT2D eigenvalue weighted by molar-refractivity contribution is 6.04. The van der Waals surface area contributed by atoms with Gasteiger partial charge in [0.25, 0.3) is 11.6 Å². The number of esters is 2. The number of carbonyl (C=O) groups excluding carboxylic acids is 3. The Kier molecular flexibility index (Phi) is 7.71. The predicted molar refractivity (Wildman–Crippen MR) is 111 cm³/mol. The van der Waals surface area contributed by atoms with Gasteiger partial charge in [0.05, 0.1) is 30.3 Å². The van der Waals surface area contributed by atoms with E-state index in [1.165, 1.54) is 50.4 Å². The molecule has 0 spiro atoms. The lowest BCUT2D eigenvalue weighted by Crippen LogP contribution is -2.14. The maximum atomic E-state index is 12.5. The number of ether oxygens (including phenoxy) is 2. The molecular formula is C20H18N4O8. The number of amides is 1. The fourth-order valence-electron chi connectivity index (χ4n) is 2.42. The van der Waals surface area contributed by atoms with Crippen molar-refractivity contribution in [1.82, 2.24) is 0 Å². The quantitative estimate of drug-likeness (QED) is 0.163. The van der Waals surface area contributed by atoms with E-state index in [1.807, 2.05) is 0 Å². The van der Waals surface area contributed by atoms with Gasteiger partial charge in [-0.25, -0.2) is 9.59 Å². The number of hydrogen-bond donors (Lipinski definition) is 2. The molecule has 0 radical (unpaired) electrons. The molecule has 0 saturated heterocycles. The van der Waals surface area contributed by atoms with Gasteiger partial charge in [-0.2, -0.15) is 0 Å². The first-order chi connectivity index (χ1) is 15.2. The number of methoxy groups -OCH3 is 2. The lowest BCUT2D eigenvalue weighted by molar-refractivity contribution is -0.384. The summed E-state index contributed by atoms with van der Waals surface area (Å²) in [7, 11) is 2.32. The van der Waals surface area contributed by atoms with E-state index in [9.17, 15) is 29.6 Å². The monoisotopic (exact) mass is 442 g/mol. The van der Waals surface area contributed by atoms with E-state index in [2.05, 4.69) is 25.0 Å². The van der Waals surface area contributed by atoms with Gasteiger partial charge in [0.2, 0.25) is 0 Å². The molecule has 12 nitrogen and oxygen atoms in total. The van der Waals surface area contributed by atoms with Crippen LogP contribution in [0.1, 0.15) is 27.6 Å². The van der Waals surface area contributed by atoms with Crippen LogP contribution >= 0.6 is 0 Å². The molecule has 0 bridgehead atoms. The summed E-state index contributed by atoms with van der Waals surface area (Å²) in [6.45, 7) is 1.17. The molecule has 166 valence electrons. The van der Waals surface area contributed by atoms with Crippen molar-refractivity contribution in [2.45, 2.75) is 6.92 Å². The smallest absolute Gasteiger partial charge is 0.340 e. The Morgan fingerprint density at radius 1 is 1.06 bits per heavy atom. The summed E-state index contributed by atoms with van der Waals surface area (Å²) in [4.78, 5) is 46.6. The molecule has 2 rings (SSSR count). The fraction of sp³-hybridized carbons (Fsp3) is 0.150. The number of non-ortho nitro benzene ring substituents is 1. The fourth-order valence-corrected chi connectivity index (χ4v) is 2.42. The van der Waals surface area contributed by atoms with Gasteiger partial charge in [0.15, 0.2) is 5.70 Å². The van der Waals surface area contributed by atoms with Crippen LogP contribution in [0.15, 0.2) is 64.1 Å². The molecule has 32 heavy (non-hydrogen) atoms. The van der Waals surface area contributed by atoms with Crippen molar-refractivity contribution in [3.05, 3.63) is 75.2 Å². The lowest BCUT2D eigenvalue weighted by atomic mass is 10.1. The van der Waals surface area contributed by atoms with Crippen LogP contribution in [0.4, 0.5) is 17.1 Å². The minimum absolute atomic E-state index is 0.0569. The number of carbonyl (C=O) groups is 3. The van der Waals surface area contributed by atoms with Gasteiger partial charge in [0.1, 0.15) is 11.4 Å². The molecule has 0 aliphatic heterocycles. The topological polar surface area (TPSA) is 170 Å². The molecule has 0 heterocycles. The Labute approximate surface area is 181 Å². The Balaban J connectivity index is 2.39. The summed E-state index contributed by atoms with van der Waals surface area (Å²) in [5.41, 5.74) is -0.823. The molecule has 0 atom stereocenters. The molecule has 2 N–H and O–H groups in total. The molecule has 0 unspecified atom stereocenters. The Morgan fingerprint density at radius 2 is 1.75 bits per heavy atom. The molecule has 1 amide bonds. The number of nitrogens with one attached hydrogen (secondary N) is 1. The first kappa shape index (κ1) is 23.7. The summed E-state index contributed by atoms with van der Waals surface area (Å²) in [5, 5.41) is 30.6. The van der Waals surface area contributed by atoms with Crippen LogP contribution in [0.25, 0.3) is 0 Å². The number of rotatable bonds is 7. The number of nitro benzene ring substituents is 1. The highest BCUT2D eigenvalue weighted by Gasteiger charge is 2.18. The van der Waals surface area contributed by atoms with E-state index in [1.54, 1.807) is 0 Å². The van der Waals surface area contributed by atoms with Crippen molar-refractivity contribution < 1.29 is 33.9 Å². The highest BCUT2D eigenvalue weighted by Crippen LogP contribution is 2.25. The van der Waals surface area contributed by atoms with Gasteiger partial charge in [-0.05, 0) is 31.2 Å². The van der Waals surface area contributed by atoms with Crippen LogP contribution in [0, 0.1) is 10.1 Å². The van der Waals surface area contributed by atoms with Crippen LogP contribution in [0.3, 0.4) is 0 Å². The minimum atomic E-state index is -0.919. The predicted octanol–water partition coefficient (Wildman–Crippen LogP) is 3.68. The number of nitrogens with zero attached hydrogens (tertiary/aromatic N) is 3. The second-order valence-electron chi connectivity index (χ2n) is 6.11. The maximum Gasteiger partial charge on any atom is 0.340 e. The molecule has 2 aromatic rings. The summed E-state index contributed by atoms with van der Waals surface area (Å²) >= 11 is 0. The molecule has 12 heteroatoms. The molecule has 0 aromatic heterocycles. The van der Waals surface area contributed by atoms with E-state index in [0.29, 0.717) is 0 Å². The summed E-state index contributed by atoms with van der Waals surface area (Å²) < 4.78 is 9.29. The molecule has 2 aromatic carbocycles. The second-order valence-corrected chi connectivity index (χ2v) is 6.11. The van der Waals surface area contributed by atoms with Crippen molar-refractivity contribution >= 4 is 34.9 Å². The van der Waals surface area contributed by atoms with Crippen LogP contribution < -0.4 is 5.32 Å². The minimum Gasteiger partial charge on any atom is -0.510 e. The number of aliphatic hydroxyl groups excluding tert-OH is 1. The highest BCUT2D eigenvalue weighted by atomic mass is 16.6. The number of hydrogen-bond acceptors (Lipinski definition) is 10. The third-order valence-electron chi connectivity index (χ3n) is 3.95. The van der Waals surface area contributed by atoms with Gasteiger partial charge in [-0.15, -0.1) is 10.2 Å². The van der Waals surface area contributed by atoms with Crippen LogP contribution in [-0.4, -0.2) is 42.1 Å². The van der Waals surface area contributed by atoms with Gasteiger partial charge >= 0.3 is 11.9 Å². The normalized spacial score (nSPS) is 11.5. The van der Waals surface area contributed by atoms with Crippen molar-refractivity contribution in [2.75, 3.05) is 19.5 Å². The lowest BCUT2D eigenvalue weighted by Gasteiger charge is -2.07. The third kappa shape index (κ3) is 5.72. The average Bonchev–Trinajstić information content (AvgIpc) is 2.77. The first-order valence-electron chi connectivity index (χ1n) is 8.86. The molecule has 0 aliphatic carbocycles. The first-order valence-corrected chi connectivity index (χ1v) is 8.86. The van der Waals surface area contributed by atoms with Gasteiger partial charge in [-0.3, -0.25) is 14.9 Å². The largest absolute Gasteiger partial charge is 0.510 e. The van der Waals surface area contributed by atoms with Crippen LogP contribution in [-0.2, 0) is 14.3 Å². The number of aliphatic hydroxyl groups is 1. The van der Waals surface area contributed by atoms with E-state index in [4.69, 9.17) is 0 Å². The van der Waals surface area contributed by atoms with Crippen LogP contribution in [0.2, 0.25) is 0 Å². The zero-order chi connectivity index (χ0) is 23.8. The van der Waals surface area contributed by atoms with Crippen molar-refractivity contribution in [2.24, 2.45) is 10.2 Å². The standard InChI is InChI=1S/C20H18N4O8/c1-11(25)17(18(26)21-13-5-4-6-14(10-13)24(29)30)23-22-16-9-12(19(27)31-2)7-8-15(16)20(28)32-3/h4-10,25H,1-3H3,(H,21,26). The summed E-state index contributed by atoms with van der Waals surface area (Å²) in [6.07, 6.45) is 0. The summed E-state index contributed by atoms with van der Waals surface area (Å²) in [6, 6.07) is 8.92. The zero-order valence-electron chi connectivity index (χ0n) is 17.2. The number of anilines is 1. The van der Waals surface area contributed by atoms with Gasteiger partial charge in [-0.1, -0.05) is 6.07 Å². The number of benzene rings is 2. The second kappa shape index (κ2) is 10.4. The number of azo groups is 1.